The summed E-state index contributed by atoms with van der Waals surface area (Å²) in [5.74, 6) is -0.364. The molecule has 0 heterocycles. The topological polar surface area (TPSA) is 75.1 Å². The molecule has 5 nitrogen and oxygen atoms in total. The van der Waals surface area contributed by atoms with Crippen LogP contribution in [-0.4, -0.2) is 31.1 Å². The summed E-state index contributed by atoms with van der Waals surface area (Å²) < 4.78 is 93.9. The Hall–Kier alpha value is -2.49. The highest BCUT2D eigenvalue weighted by atomic mass is 19.4. The second-order valence-electron chi connectivity index (χ2n) is 6.58. The lowest BCUT2D eigenvalue weighted by Crippen LogP contribution is -2.53. The van der Waals surface area contributed by atoms with Crippen LogP contribution in [0.15, 0.2) is 29.4 Å². The molecule has 0 fully saturated rings. The molecule has 0 aliphatic carbocycles. The maximum absolute atomic E-state index is 13.7. The number of hydrogen-bond donors (Lipinski definition) is 0. The minimum atomic E-state index is -6.11. The van der Waals surface area contributed by atoms with Gasteiger partial charge in [0.2, 0.25) is 0 Å². The van der Waals surface area contributed by atoms with E-state index in [9.17, 15) is 35.5 Å². The van der Waals surface area contributed by atoms with Crippen molar-refractivity contribution in [3.05, 3.63) is 45.8 Å². The largest absolute Gasteiger partial charge is 0.469 e. The lowest BCUT2D eigenvalue weighted by molar-refractivity contribution is -0.343. The lowest BCUT2D eigenvalue weighted by atomic mass is 9.93. The number of halogens is 7. The van der Waals surface area contributed by atoms with E-state index in [1.54, 1.807) is 12.1 Å². The van der Waals surface area contributed by atoms with Crippen molar-refractivity contribution in [2.24, 2.45) is 5.11 Å². The third-order valence-electron chi connectivity index (χ3n) is 4.53. The fourth-order valence-electron chi connectivity index (χ4n) is 2.78. The monoisotopic (exact) mass is 443 g/mol. The van der Waals surface area contributed by atoms with Crippen molar-refractivity contribution in [2.75, 3.05) is 7.11 Å². The molecule has 0 spiro atoms. The quantitative estimate of drug-likeness (QED) is 0.135. The van der Waals surface area contributed by atoms with E-state index in [1.807, 2.05) is 0 Å². The summed E-state index contributed by atoms with van der Waals surface area (Å²) in [7, 11) is 1.27. The number of ether oxygens (including phenoxy) is 1. The summed E-state index contributed by atoms with van der Waals surface area (Å²) in [6.45, 7) is 0. The molecule has 30 heavy (non-hydrogen) atoms. The average molecular weight is 443 g/mol. The van der Waals surface area contributed by atoms with Crippen molar-refractivity contribution in [1.29, 1.82) is 0 Å². The van der Waals surface area contributed by atoms with Gasteiger partial charge in [0, 0.05) is 11.3 Å². The van der Waals surface area contributed by atoms with Gasteiger partial charge >= 0.3 is 18.3 Å². The van der Waals surface area contributed by atoms with Crippen molar-refractivity contribution < 1.29 is 40.3 Å². The van der Waals surface area contributed by atoms with Gasteiger partial charge in [0.25, 0.3) is 5.67 Å². The van der Waals surface area contributed by atoms with Crippen LogP contribution in [0, 0.1) is 0 Å². The number of benzene rings is 1. The highest BCUT2D eigenvalue weighted by Crippen LogP contribution is 2.49. The van der Waals surface area contributed by atoms with Crippen molar-refractivity contribution in [2.45, 2.75) is 62.6 Å². The molecule has 168 valence electrons. The Morgan fingerprint density at radius 2 is 1.63 bits per heavy atom. The van der Waals surface area contributed by atoms with Crippen LogP contribution in [0.25, 0.3) is 10.4 Å². The van der Waals surface area contributed by atoms with Crippen LogP contribution in [-0.2, 0) is 16.0 Å². The molecule has 0 aliphatic rings. The average Bonchev–Trinajstić information content (AvgIpc) is 2.65. The number of nitrogens with zero attached hydrogens (tertiary/aromatic N) is 3. The van der Waals surface area contributed by atoms with Crippen LogP contribution in [0.2, 0.25) is 0 Å². The smallest absolute Gasteiger partial charge is 0.431 e. The highest BCUT2D eigenvalue weighted by molar-refractivity contribution is 5.69. The zero-order valence-corrected chi connectivity index (χ0v) is 15.9. The van der Waals surface area contributed by atoms with Crippen LogP contribution in [0.3, 0.4) is 0 Å². The Morgan fingerprint density at radius 3 is 2.10 bits per heavy atom. The van der Waals surface area contributed by atoms with Crippen LogP contribution < -0.4 is 0 Å². The molecule has 0 amide bonds. The first-order valence-electron chi connectivity index (χ1n) is 8.88. The number of aryl methyl sites for hydroxylation is 1. The first kappa shape index (κ1) is 25.5. The Morgan fingerprint density at radius 1 is 1.07 bits per heavy atom. The van der Waals surface area contributed by atoms with Crippen LogP contribution in [0.5, 0.6) is 0 Å². The lowest BCUT2D eigenvalue weighted by Gasteiger charge is -2.30. The van der Waals surface area contributed by atoms with Gasteiger partial charge in [-0.1, -0.05) is 29.4 Å². The second-order valence-corrected chi connectivity index (χ2v) is 6.58. The number of carbonyl (C=O) groups excluding carboxylic acids is 1. The molecule has 1 aromatic rings. The maximum atomic E-state index is 13.7. The number of esters is 1. The molecule has 0 saturated carbocycles. The second kappa shape index (κ2) is 10.5. The molecule has 1 unspecified atom stereocenters. The fraction of sp³-hybridized carbons (Fsp3) is 0.611. The zero-order valence-electron chi connectivity index (χ0n) is 15.9. The molecule has 12 heteroatoms. The van der Waals surface area contributed by atoms with E-state index in [4.69, 9.17) is 5.53 Å². The van der Waals surface area contributed by atoms with E-state index >= 15 is 0 Å². The van der Waals surface area contributed by atoms with E-state index in [0.29, 0.717) is 18.4 Å². The zero-order chi connectivity index (χ0) is 23.0. The van der Waals surface area contributed by atoms with Crippen molar-refractivity contribution in [3.63, 3.8) is 0 Å². The molecule has 0 radical (unpaired) electrons. The molecule has 0 aromatic heterocycles. The van der Waals surface area contributed by atoms with Gasteiger partial charge in [0.1, 0.15) is 0 Å². The number of carbonyl (C=O) groups is 1. The van der Waals surface area contributed by atoms with Crippen LogP contribution in [0.1, 0.15) is 49.3 Å². The SMILES string of the molecule is COC(=O)CCCc1ccc(C(CCCC(F)(C(F)(F)F)C(F)(F)F)N=[N+]=[N-])cc1. The molecule has 0 bridgehead atoms. The van der Waals surface area contributed by atoms with Crippen molar-refractivity contribution >= 4 is 5.97 Å². The Balaban J connectivity index is 2.79. The first-order valence-corrected chi connectivity index (χ1v) is 8.88. The Labute approximate surface area is 167 Å². The predicted octanol–water partition coefficient (Wildman–Crippen LogP) is 6.54. The summed E-state index contributed by atoms with van der Waals surface area (Å²) in [6, 6.07) is 5.26. The van der Waals surface area contributed by atoms with Gasteiger partial charge in [-0.15, -0.1) is 0 Å². The molecule has 1 atom stereocenters. The highest BCUT2D eigenvalue weighted by Gasteiger charge is 2.71. The molecule has 0 saturated heterocycles. The summed E-state index contributed by atoms with van der Waals surface area (Å²) in [6.07, 6.45) is -14.0. The molecule has 0 aliphatic heterocycles. The van der Waals surface area contributed by atoms with Gasteiger partial charge in [-0.2, -0.15) is 26.3 Å². The van der Waals surface area contributed by atoms with E-state index < -0.39 is 43.3 Å². The third-order valence-corrected chi connectivity index (χ3v) is 4.53. The van der Waals surface area contributed by atoms with E-state index in [-0.39, 0.29) is 12.4 Å². The van der Waals surface area contributed by atoms with Crippen molar-refractivity contribution in [3.8, 4) is 0 Å². The number of rotatable bonds is 10. The summed E-state index contributed by atoms with van der Waals surface area (Å²) in [4.78, 5) is 13.6. The van der Waals surface area contributed by atoms with Crippen molar-refractivity contribution in [1.82, 2.24) is 0 Å². The van der Waals surface area contributed by atoms with Crippen LogP contribution >= 0.6 is 0 Å². The van der Waals surface area contributed by atoms with Crippen LogP contribution in [0.4, 0.5) is 30.7 Å². The Kier molecular flexibility index (Phi) is 8.95. The van der Waals surface area contributed by atoms with Gasteiger partial charge in [-0.05, 0) is 48.8 Å². The molecular weight excluding hydrogens is 423 g/mol. The molecule has 0 N–H and O–H groups in total. The van der Waals surface area contributed by atoms with E-state index in [1.165, 1.54) is 19.2 Å². The van der Waals surface area contributed by atoms with Gasteiger partial charge in [-0.3, -0.25) is 4.79 Å². The first-order chi connectivity index (χ1) is 13.9. The van der Waals surface area contributed by atoms with Gasteiger partial charge in [0.05, 0.1) is 13.2 Å². The predicted molar refractivity (Wildman–Crippen MR) is 93.1 cm³/mol. The number of methoxy groups -OCH3 is 1. The van der Waals surface area contributed by atoms with E-state index in [0.717, 1.165) is 5.56 Å². The number of hydrogen-bond acceptors (Lipinski definition) is 3. The minimum Gasteiger partial charge on any atom is -0.469 e. The minimum absolute atomic E-state index is 0.211. The number of azide groups is 1. The van der Waals surface area contributed by atoms with Gasteiger partial charge in [-0.25, -0.2) is 4.39 Å². The molecule has 1 aromatic carbocycles. The molecule has 1 rings (SSSR count). The van der Waals surface area contributed by atoms with Gasteiger partial charge in [0.15, 0.2) is 0 Å². The van der Waals surface area contributed by atoms with Gasteiger partial charge < -0.3 is 4.74 Å². The maximum Gasteiger partial charge on any atom is 0.431 e. The summed E-state index contributed by atoms with van der Waals surface area (Å²) >= 11 is 0. The molecular formula is C18H20F7N3O2. The third kappa shape index (κ3) is 6.79. The normalized spacial score (nSPS) is 13.5. The summed E-state index contributed by atoms with van der Waals surface area (Å²) in [5.41, 5.74) is 4.50. The fourth-order valence-corrected chi connectivity index (χ4v) is 2.78. The number of alkyl halides is 7. The van der Waals surface area contributed by atoms with E-state index in [2.05, 4.69) is 14.8 Å². The summed E-state index contributed by atoms with van der Waals surface area (Å²) in [5, 5.41) is 3.40. The Bertz CT molecular complexity index is 728. The standard InChI is InChI=1S/C18H20F7N3O2/c1-30-15(29)6-2-4-12-7-9-13(10-8-12)14(27-28-26)5-3-11-16(19,17(20,21)22)18(23,24)25/h7-10,14H,2-6,11H2,1H3.